The third-order valence-corrected chi connectivity index (χ3v) is 2.83. The Morgan fingerprint density at radius 2 is 1.45 bits per heavy atom. The molecule has 4 nitrogen and oxygen atoms in total. The topological polar surface area (TPSA) is 52.6 Å². The van der Waals surface area contributed by atoms with Gasteiger partial charge in [0.1, 0.15) is 5.82 Å². The zero-order valence-corrected chi connectivity index (χ0v) is 12.2. The summed E-state index contributed by atoms with van der Waals surface area (Å²) in [5, 5.41) is 0. The Labute approximate surface area is 127 Å². The van der Waals surface area contributed by atoms with E-state index in [1.165, 1.54) is 36.4 Å². The summed E-state index contributed by atoms with van der Waals surface area (Å²) in [4.78, 5) is 23.7. The van der Waals surface area contributed by atoms with Crippen molar-refractivity contribution < 1.29 is 23.5 Å². The van der Waals surface area contributed by atoms with E-state index in [1.807, 2.05) is 0 Å². The summed E-state index contributed by atoms with van der Waals surface area (Å²) in [7, 11) is 0. The second-order valence-electron chi connectivity index (χ2n) is 4.89. The predicted molar refractivity (Wildman–Crippen MR) is 78.3 cm³/mol. The molecule has 0 aliphatic heterocycles. The Hall–Kier alpha value is -2.69. The fourth-order valence-electron chi connectivity index (χ4n) is 1.63. The van der Waals surface area contributed by atoms with Gasteiger partial charge in [-0.05, 0) is 24.3 Å². The molecule has 22 heavy (non-hydrogen) atoms. The lowest BCUT2D eigenvalue weighted by molar-refractivity contribution is -0.137. The Morgan fingerprint density at radius 3 is 2.05 bits per heavy atom. The van der Waals surface area contributed by atoms with E-state index in [9.17, 15) is 14.0 Å². The van der Waals surface area contributed by atoms with Crippen molar-refractivity contribution in [3.63, 3.8) is 0 Å². The SMILES string of the molecule is CC(C)C(=O)Oc1ccccc1OC(=O)c1ccccc1F. The third kappa shape index (κ3) is 3.69. The monoisotopic (exact) mass is 302 g/mol. The van der Waals surface area contributed by atoms with Crippen molar-refractivity contribution in [1.82, 2.24) is 0 Å². The van der Waals surface area contributed by atoms with Crippen molar-refractivity contribution in [2.24, 2.45) is 5.92 Å². The van der Waals surface area contributed by atoms with Gasteiger partial charge < -0.3 is 9.47 Å². The van der Waals surface area contributed by atoms with E-state index >= 15 is 0 Å². The zero-order valence-electron chi connectivity index (χ0n) is 12.2. The average Bonchev–Trinajstić information content (AvgIpc) is 2.49. The van der Waals surface area contributed by atoms with Crippen LogP contribution in [-0.4, -0.2) is 11.9 Å². The van der Waals surface area contributed by atoms with Crippen molar-refractivity contribution in [1.29, 1.82) is 0 Å². The van der Waals surface area contributed by atoms with E-state index in [0.29, 0.717) is 0 Å². The summed E-state index contributed by atoms with van der Waals surface area (Å²) in [6.45, 7) is 3.38. The van der Waals surface area contributed by atoms with Gasteiger partial charge >= 0.3 is 11.9 Å². The van der Waals surface area contributed by atoms with Gasteiger partial charge in [0, 0.05) is 0 Å². The van der Waals surface area contributed by atoms with E-state index in [0.717, 1.165) is 0 Å². The molecule has 2 aromatic carbocycles. The van der Waals surface area contributed by atoms with Crippen LogP contribution in [0.3, 0.4) is 0 Å². The van der Waals surface area contributed by atoms with Crippen LogP contribution in [0, 0.1) is 11.7 Å². The second kappa shape index (κ2) is 6.85. The van der Waals surface area contributed by atoms with Crippen molar-refractivity contribution in [3.05, 3.63) is 59.9 Å². The van der Waals surface area contributed by atoms with Gasteiger partial charge in [0.25, 0.3) is 0 Å². The highest BCUT2D eigenvalue weighted by atomic mass is 19.1. The van der Waals surface area contributed by atoms with Gasteiger partial charge in [-0.3, -0.25) is 4.79 Å². The van der Waals surface area contributed by atoms with Crippen LogP contribution < -0.4 is 9.47 Å². The lowest BCUT2D eigenvalue weighted by Gasteiger charge is -2.11. The summed E-state index contributed by atoms with van der Waals surface area (Å²) in [6, 6.07) is 11.7. The van der Waals surface area contributed by atoms with Gasteiger partial charge in [0.05, 0.1) is 11.5 Å². The van der Waals surface area contributed by atoms with Crippen LogP contribution in [0.2, 0.25) is 0 Å². The summed E-state index contributed by atoms with van der Waals surface area (Å²) in [6.07, 6.45) is 0. The van der Waals surface area contributed by atoms with Crippen molar-refractivity contribution in [2.75, 3.05) is 0 Å². The highest BCUT2D eigenvalue weighted by Crippen LogP contribution is 2.28. The first-order chi connectivity index (χ1) is 10.5. The summed E-state index contributed by atoms with van der Waals surface area (Å²) in [5.74, 6) is -2.13. The van der Waals surface area contributed by atoms with E-state index in [1.54, 1.807) is 26.0 Å². The normalized spacial score (nSPS) is 10.4. The number of hydrogen-bond donors (Lipinski definition) is 0. The minimum atomic E-state index is -0.855. The molecule has 5 heteroatoms. The van der Waals surface area contributed by atoms with E-state index in [4.69, 9.17) is 9.47 Å². The summed E-state index contributed by atoms with van der Waals surface area (Å²) < 4.78 is 23.9. The van der Waals surface area contributed by atoms with Gasteiger partial charge in [0.15, 0.2) is 11.5 Å². The summed E-state index contributed by atoms with van der Waals surface area (Å²) in [5.41, 5.74) is -0.188. The van der Waals surface area contributed by atoms with E-state index < -0.39 is 17.8 Å². The van der Waals surface area contributed by atoms with Gasteiger partial charge in [-0.1, -0.05) is 38.1 Å². The lowest BCUT2D eigenvalue weighted by atomic mass is 10.2. The number of halogens is 1. The van der Waals surface area contributed by atoms with E-state index in [-0.39, 0.29) is 23.0 Å². The van der Waals surface area contributed by atoms with Crippen LogP contribution in [0.5, 0.6) is 11.5 Å². The van der Waals surface area contributed by atoms with Crippen molar-refractivity contribution in [3.8, 4) is 11.5 Å². The Bertz CT molecular complexity index is 695. The Kier molecular flexibility index (Phi) is 4.88. The lowest BCUT2D eigenvalue weighted by Crippen LogP contribution is -2.16. The smallest absolute Gasteiger partial charge is 0.346 e. The van der Waals surface area contributed by atoms with E-state index in [2.05, 4.69) is 0 Å². The standard InChI is InChI=1S/C17H15FO4/c1-11(2)16(19)21-14-9-5-6-10-15(14)22-17(20)12-7-3-4-8-13(12)18/h3-11H,1-2H3. The third-order valence-electron chi connectivity index (χ3n) is 2.83. The number of ether oxygens (including phenoxy) is 2. The molecule has 114 valence electrons. The fraction of sp³-hybridized carbons (Fsp3) is 0.176. The molecule has 0 bridgehead atoms. The first kappa shape index (κ1) is 15.7. The van der Waals surface area contributed by atoms with Crippen LogP contribution in [0.15, 0.2) is 48.5 Å². The number of para-hydroxylation sites is 2. The molecule has 0 atom stereocenters. The van der Waals surface area contributed by atoms with Crippen LogP contribution in [0.25, 0.3) is 0 Å². The van der Waals surface area contributed by atoms with Crippen LogP contribution in [0.1, 0.15) is 24.2 Å². The number of benzene rings is 2. The quantitative estimate of drug-likeness (QED) is 0.639. The first-order valence-corrected chi connectivity index (χ1v) is 6.76. The maximum Gasteiger partial charge on any atom is 0.346 e. The zero-order chi connectivity index (χ0) is 16.1. The molecule has 0 fully saturated rings. The molecule has 0 unspecified atom stereocenters. The molecular formula is C17H15FO4. The van der Waals surface area contributed by atoms with Gasteiger partial charge in [-0.25, -0.2) is 9.18 Å². The molecule has 0 aliphatic rings. The molecule has 2 rings (SSSR count). The molecule has 2 aromatic rings. The van der Waals surface area contributed by atoms with Crippen LogP contribution in [0.4, 0.5) is 4.39 Å². The second-order valence-corrected chi connectivity index (χ2v) is 4.89. The van der Waals surface area contributed by atoms with Gasteiger partial charge in [-0.15, -0.1) is 0 Å². The molecule has 0 heterocycles. The van der Waals surface area contributed by atoms with Gasteiger partial charge in [0.2, 0.25) is 0 Å². The predicted octanol–water partition coefficient (Wildman–Crippen LogP) is 3.61. The molecule has 0 aromatic heterocycles. The Balaban J connectivity index is 2.21. The first-order valence-electron chi connectivity index (χ1n) is 6.76. The fourth-order valence-corrected chi connectivity index (χ4v) is 1.63. The molecule has 0 saturated heterocycles. The average molecular weight is 302 g/mol. The molecule has 0 spiro atoms. The van der Waals surface area contributed by atoms with Gasteiger partial charge in [-0.2, -0.15) is 0 Å². The largest absolute Gasteiger partial charge is 0.422 e. The number of hydrogen-bond acceptors (Lipinski definition) is 4. The van der Waals surface area contributed by atoms with Crippen LogP contribution >= 0.6 is 0 Å². The van der Waals surface area contributed by atoms with Crippen molar-refractivity contribution in [2.45, 2.75) is 13.8 Å². The maximum atomic E-state index is 13.6. The minimum absolute atomic E-state index is 0.0600. The maximum absolute atomic E-state index is 13.6. The number of carbonyl (C=O) groups excluding carboxylic acids is 2. The highest BCUT2D eigenvalue weighted by Gasteiger charge is 2.18. The molecule has 0 aliphatic carbocycles. The molecule has 0 radical (unpaired) electrons. The number of esters is 2. The minimum Gasteiger partial charge on any atom is -0.422 e. The summed E-state index contributed by atoms with van der Waals surface area (Å²) >= 11 is 0. The molecule has 0 N–H and O–H groups in total. The highest BCUT2D eigenvalue weighted by molar-refractivity contribution is 5.91. The molecule has 0 saturated carbocycles. The number of carbonyl (C=O) groups is 2. The van der Waals surface area contributed by atoms with Crippen LogP contribution in [-0.2, 0) is 4.79 Å². The molecular weight excluding hydrogens is 287 g/mol. The van der Waals surface area contributed by atoms with Crippen molar-refractivity contribution >= 4 is 11.9 Å². The number of rotatable bonds is 4. The molecule has 0 amide bonds. The Morgan fingerprint density at radius 1 is 0.909 bits per heavy atom.